The second-order valence-corrected chi connectivity index (χ2v) is 5.13. The molecule has 0 saturated heterocycles. The molecule has 0 aromatic heterocycles. The number of anilines is 1. The van der Waals surface area contributed by atoms with Crippen LogP contribution in [-0.4, -0.2) is 13.6 Å². The Hall–Kier alpha value is -1.22. The van der Waals surface area contributed by atoms with Crippen LogP contribution in [0.4, 0.5) is 5.69 Å². The molecule has 0 fully saturated rings. The molecule has 2 aromatic rings. The van der Waals surface area contributed by atoms with Crippen LogP contribution < -0.4 is 10.6 Å². The average molecular weight is 295 g/mol. The second-order valence-electron chi connectivity index (χ2n) is 4.34. The van der Waals surface area contributed by atoms with E-state index in [9.17, 15) is 0 Å². The van der Waals surface area contributed by atoms with Gasteiger partial charge in [-0.2, -0.15) is 0 Å². The molecular formula is C15H16Cl2N2. The van der Waals surface area contributed by atoms with Crippen molar-refractivity contribution in [3.05, 3.63) is 64.1 Å². The lowest BCUT2D eigenvalue weighted by atomic mass is 10.0. The molecule has 0 amide bonds. The Labute approximate surface area is 123 Å². The minimum absolute atomic E-state index is 0.00593. The molecule has 2 rings (SSSR count). The highest BCUT2D eigenvalue weighted by Crippen LogP contribution is 2.33. The number of nitrogens with two attached hydrogens (primary N) is 1. The third kappa shape index (κ3) is 3.03. The van der Waals surface area contributed by atoms with E-state index in [0.29, 0.717) is 16.6 Å². The fourth-order valence-electron chi connectivity index (χ4n) is 2.11. The highest BCUT2D eigenvalue weighted by Gasteiger charge is 2.19. The third-order valence-electron chi connectivity index (χ3n) is 3.19. The minimum atomic E-state index is -0.00593. The number of hydrogen-bond acceptors (Lipinski definition) is 2. The molecule has 2 aromatic carbocycles. The number of para-hydroxylation sites is 1. The molecule has 2 nitrogen and oxygen atoms in total. The van der Waals surface area contributed by atoms with Gasteiger partial charge in [0.2, 0.25) is 0 Å². The van der Waals surface area contributed by atoms with Gasteiger partial charge in [0, 0.05) is 19.3 Å². The molecule has 0 radical (unpaired) electrons. The van der Waals surface area contributed by atoms with Crippen LogP contribution in [-0.2, 0) is 0 Å². The molecule has 0 spiro atoms. The monoisotopic (exact) mass is 294 g/mol. The maximum atomic E-state index is 6.28. The van der Waals surface area contributed by atoms with E-state index in [2.05, 4.69) is 4.90 Å². The summed E-state index contributed by atoms with van der Waals surface area (Å²) in [5, 5.41) is 1.13. The second kappa shape index (κ2) is 6.29. The van der Waals surface area contributed by atoms with Crippen LogP contribution in [0.1, 0.15) is 11.6 Å². The number of halogens is 2. The largest absolute Gasteiger partial charge is 0.366 e. The molecule has 0 aliphatic carbocycles. The standard InChI is InChI=1S/C15H16Cl2N2/c1-19(11-6-3-2-4-7-11)14(10-18)12-8-5-9-13(16)15(12)17/h2-9,14H,10,18H2,1H3. The van der Waals surface area contributed by atoms with E-state index in [1.807, 2.05) is 49.5 Å². The van der Waals surface area contributed by atoms with Crippen molar-refractivity contribution in [3.8, 4) is 0 Å². The minimum Gasteiger partial charge on any atom is -0.366 e. The highest BCUT2D eigenvalue weighted by molar-refractivity contribution is 6.42. The van der Waals surface area contributed by atoms with Gasteiger partial charge in [-0.15, -0.1) is 0 Å². The molecule has 0 aliphatic rings. The first-order valence-corrected chi connectivity index (χ1v) is 6.82. The SMILES string of the molecule is CN(c1ccccc1)C(CN)c1cccc(Cl)c1Cl. The first-order chi connectivity index (χ1) is 9.15. The molecule has 0 bridgehead atoms. The smallest absolute Gasteiger partial charge is 0.0676 e. The summed E-state index contributed by atoms with van der Waals surface area (Å²) < 4.78 is 0. The summed E-state index contributed by atoms with van der Waals surface area (Å²) in [6.45, 7) is 0.464. The number of nitrogens with zero attached hydrogens (tertiary/aromatic N) is 1. The maximum absolute atomic E-state index is 6.28. The Morgan fingerprint density at radius 2 is 1.74 bits per heavy atom. The van der Waals surface area contributed by atoms with Crippen molar-refractivity contribution in [1.82, 2.24) is 0 Å². The Balaban J connectivity index is 2.37. The van der Waals surface area contributed by atoms with E-state index in [1.54, 1.807) is 6.07 Å². The van der Waals surface area contributed by atoms with Crippen molar-refractivity contribution >= 4 is 28.9 Å². The van der Waals surface area contributed by atoms with Crippen LogP contribution in [0, 0.1) is 0 Å². The third-order valence-corrected chi connectivity index (χ3v) is 4.03. The van der Waals surface area contributed by atoms with Gasteiger partial charge in [0.25, 0.3) is 0 Å². The number of hydrogen-bond donors (Lipinski definition) is 1. The maximum Gasteiger partial charge on any atom is 0.0676 e. The van der Waals surface area contributed by atoms with Crippen molar-refractivity contribution in [1.29, 1.82) is 0 Å². The van der Waals surface area contributed by atoms with Gasteiger partial charge in [-0.3, -0.25) is 0 Å². The van der Waals surface area contributed by atoms with E-state index < -0.39 is 0 Å². The molecule has 0 heterocycles. The van der Waals surface area contributed by atoms with Crippen molar-refractivity contribution in [3.63, 3.8) is 0 Å². The summed E-state index contributed by atoms with van der Waals surface area (Å²) in [4.78, 5) is 2.11. The molecule has 19 heavy (non-hydrogen) atoms. The van der Waals surface area contributed by atoms with Crippen LogP contribution >= 0.6 is 23.2 Å². The fraction of sp³-hybridized carbons (Fsp3) is 0.200. The first kappa shape index (κ1) is 14.2. The average Bonchev–Trinajstić information content (AvgIpc) is 2.45. The van der Waals surface area contributed by atoms with Gasteiger partial charge in [-0.1, -0.05) is 53.5 Å². The lowest BCUT2D eigenvalue weighted by Crippen LogP contribution is -2.30. The summed E-state index contributed by atoms with van der Waals surface area (Å²) in [5.41, 5.74) is 7.96. The summed E-state index contributed by atoms with van der Waals surface area (Å²) in [6, 6.07) is 15.7. The van der Waals surface area contributed by atoms with Crippen molar-refractivity contribution in [2.24, 2.45) is 5.73 Å². The predicted molar refractivity (Wildman–Crippen MR) is 83.1 cm³/mol. The fourth-order valence-corrected chi connectivity index (χ4v) is 2.55. The quantitative estimate of drug-likeness (QED) is 0.919. The zero-order valence-corrected chi connectivity index (χ0v) is 12.2. The van der Waals surface area contributed by atoms with Gasteiger partial charge < -0.3 is 10.6 Å². The Morgan fingerprint density at radius 1 is 1.05 bits per heavy atom. The Bertz CT molecular complexity index is 543. The number of likely N-dealkylation sites (N-methyl/N-ethyl adjacent to an activating group) is 1. The number of rotatable bonds is 4. The van der Waals surface area contributed by atoms with Crippen LogP contribution in [0.15, 0.2) is 48.5 Å². The molecule has 2 N–H and O–H groups in total. The predicted octanol–water partition coefficient (Wildman–Crippen LogP) is 4.13. The van der Waals surface area contributed by atoms with Crippen LogP contribution in [0.2, 0.25) is 10.0 Å². The van der Waals surface area contributed by atoms with Crippen molar-refractivity contribution in [2.45, 2.75) is 6.04 Å². The molecule has 100 valence electrons. The van der Waals surface area contributed by atoms with E-state index in [0.717, 1.165) is 11.3 Å². The Kier molecular flexibility index (Phi) is 4.70. The normalized spacial score (nSPS) is 12.2. The van der Waals surface area contributed by atoms with E-state index in [1.165, 1.54) is 0 Å². The molecule has 0 aliphatic heterocycles. The zero-order chi connectivity index (χ0) is 13.8. The van der Waals surface area contributed by atoms with Crippen molar-refractivity contribution < 1.29 is 0 Å². The summed E-state index contributed by atoms with van der Waals surface area (Å²) >= 11 is 12.4. The van der Waals surface area contributed by atoms with Crippen LogP contribution in [0.5, 0.6) is 0 Å². The summed E-state index contributed by atoms with van der Waals surface area (Å²) in [5.74, 6) is 0. The topological polar surface area (TPSA) is 29.3 Å². The van der Waals surface area contributed by atoms with Gasteiger partial charge in [0.05, 0.1) is 16.1 Å². The van der Waals surface area contributed by atoms with Crippen LogP contribution in [0.3, 0.4) is 0 Å². The molecule has 0 saturated carbocycles. The Morgan fingerprint density at radius 3 is 2.37 bits per heavy atom. The molecule has 1 atom stereocenters. The number of benzene rings is 2. The highest BCUT2D eigenvalue weighted by atomic mass is 35.5. The summed E-state index contributed by atoms with van der Waals surface area (Å²) in [6.07, 6.45) is 0. The zero-order valence-electron chi connectivity index (χ0n) is 10.7. The van der Waals surface area contributed by atoms with Crippen LogP contribution in [0.25, 0.3) is 0 Å². The summed E-state index contributed by atoms with van der Waals surface area (Å²) in [7, 11) is 2.00. The van der Waals surface area contributed by atoms with Crippen molar-refractivity contribution in [2.75, 3.05) is 18.5 Å². The van der Waals surface area contributed by atoms with Gasteiger partial charge in [-0.25, -0.2) is 0 Å². The van der Waals surface area contributed by atoms with Gasteiger partial charge in [0.1, 0.15) is 0 Å². The van der Waals surface area contributed by atoms with Gasteiger partial charge in [0.15, 0.2) is 0 Å². The molecule has 4 heteroatoms. The molecular weight excluding hydrogens is 279 g/mol. The van der Waals surface area contributed by atoms with Gasteiger partial charge in [-0.05, 0) is 23.8 Å². The lowest BCUT2D eigenvalue weighted by Gasteiger charge is -2.30. The van der Waals surface area contributed by atoms with Gasteiger partial charge >= 0.3 is 0 Å². The first-order valence-electron chi connectivity index (χ1n) is 6.07. The van der Waals surface area contributed by atoms with E-state index in [4.69, 9.17) is 28.9 Å². The van der Waals surface area contributed by atoms with E-state index >= 15 is 0 Å². The van der Waals surface area contributed by atoms with E-state index in [-0.39, 0.29) is 6.04 Å². The lowest BCUT2D eigenvalue weighted by molar-refractivity contribution is 0.681. The molecule has 1 unspecified atom stereocenters.